The average Bonchev–Trinajstić information content (AvgIpc) is 3.39. The molecule has 6 aliphatic rings. The molecule has 3 unspecified atom stereocenters. The van der Waals surface area contributed by atoms with Crippen molar-refractivity contribution in [2.45, 2.75) is 82.8 Å². The lowest BCUT2D eigenvalue weighted by molar-refractivity contribution is 0.000848. The number of carbonyl (C=O) groups excluding carboxylic acids is 3. The number of hydrogen-bond acceptors (Lipinski definition) is 9. The number of para-hydroxylation sites is 1. The molecule has 6 heterocycles. The topological polar surface area (TPSA) is 101 Å². The van der Waals surface area contributed by atoms with Crippen LogP contribution in [-0.4, -0.2) is 97.7 Å². The van der Waals surface area contributed by atoms with Crippen LogP contribution in [0.3, 0.4) is 0 Å². The molecule has 3 aromatic rings. The lowest BCUT2D eigenvalue weighted by atomic mass is 9.90. The summed E-state index contributed by atoms with van der Waals surface area (Å²) in [5.74, 6) is -1.15. The maximum Gasteiger partial charge on any atom is 0.410 e. The zero-order chi connectivity index (χ0) is 38.1. The van der Waals surface area contributed by atoms with Gasteiger partial charge in [0.2, 0.25) is 0 Å². The first-order chi connectivity index (χ1) is 25.8. The third-order valence-corrected chi connectivity index (χ3v) is 11.7. The molecule has 4 bridgehead atoms. The van der Waals surface area contributed by atoms with Crippen LogP contribution in [-0.2, 0) is 20.8 Å². The van der Waals surface area contributed by atoms with Gasteiger partial charge in [0.1, 0.15) is 17.2 Å². The number of rotatable bonds is 5. The molecule has 0 N–H and O–H groups in total. The van der Waals surface area contributed by atoms with E-state index in [0.717, 1.165) is 31.4 Å². The molecule has 11 nitrogen and oxygen atoms in total. The number of hydrogen-bond donors (Lipinski definition) is 0. The number of piperidine rings is 2. The summed E-state index contributed by atoms with van der Waals surface area (Å²) in [5, 5.41) is 0.426. The molecule has 9 rings (SSSR count). The van der Waals surface area contributed by atoms with Crippen LogP contribution in [0.4, 0.5) is 20.6 Å². The number of fused-ring (bicyclic) bond motifs is 6. The Morgan fingerprint density at radius 3 is 2.22 bits per heavy atom. The van der Waals surface area contributed by atoms with Crippen molar-refractivity contribution >= 4 is 52.5 Å². The molecule has 4 atom stereocenters. The van der Waals surface area contributed by atoms with E-state index in [1.54, 1.807) is 30.3 Å². The van der Waals surface area contributed by atoms with Crippen LogP contribution in [0.25, 0.3) is 11.1 Å². The van der Waals surface area contributed by atoms with Crippen molar-refractivity contribution in [2.24, 2.45) is 0 Å². The third kappa shape index (κ3) is 6.60. The second-order valence-corrected chi connectivity index (χ2v) is 16.5. The number of anilines is 2. The van der Waals surface area contributed by atoms with Crippen LogP contribution in [0.15, 0.2) is 42.5 Å². The smallest absolute Gasteiger partial charge is 0.410 e. The fraction of sp³-hybridized carbons (Fsp3) is 0.475. The molecule has 54 heavy (non-hydrogen) atoms. The Balaban J connectivity index is 1.03. The van der Waals surface area contributed by atoms with E-state index in [-0.39, 0.29) is 70.3 Å². The summed E-state index contributed by atoms with van der Waals surface area (Å²) < 4.78 is 38.7. The summed E-state index contributed by atoms with van der Waals surface area (Å²) in [5.41, 5.74) is 2.61. The Bertz CT molecular complexity index is 1990. The first-order valence-electron chi connectivity index (χ1n) is 18.4. The molecule has 0 radical (unpaired) electrons. The van der Waals surface area contributed by atoms with Crippen LogP contribution < -0.4 is 14.5 Å². The zero-order valence-corrected chi connectivity index (χ0v) is 32.2. The molecule has 5 saturated heterocycles. The van der Waals surface area contributed by atoms with Crippen LogP contribution in [0.5, 0.6) is 5.75 Å². The van der Waals surface area contributed by atoms with E-state index in [1.165, 1.54) is 18.1 Å². The molecule has 0 spiro atoms. The zero-order valence-electron chi connectivity index (χ0n) is 30.7. The molecule has 5 fully saturated rings. The van der Waals surface area contributed by atoms with Gasteiger partial charge < -0.3 is 38.5 Å². The molecular weight excluding hydrogens is 738 g/mol. The van der Waals surface area contributed by atoms with Gasteiger partial charge in [-0.15, -0.1) is 0 Å². The van der Waals surface area contributed by atoms with Crippen molar-refractivity contribution in [3.05, 3.63) is 75.0 Å². The Kier molecular flexibility index (Phi) is 9.59. The third-order valence-electron chi connectivity index (χ3n) is 11.1. The molecule has 0 saturated carbocycles. The second kappa shape index (κ2) is 14.1. The highest BCUT2D eigenvalue weighted by Gasteiger charge is 2.43. The molecular formula is C40H43Cl2FN4O7. The number of piperazine rings is 1. The SMILES string of the molecule is COC(=O)c1cc(F)c(-c2cccc3c2OCN(C(=O)c2c(Cl)cc(N4C[C@@H]5CCC4CN5C(=O)OC(C)(C)C)cc2Cl)C3)cc1N1C2CCC1COC2. The normalized spacial score (nSPS) is 23.2. The number of methoxy groups -OCH3 is 1. The molecule has 2 amide bonds. The molecule has 14 heteroatoms. The van der Waals surface area contributed by atoms with Gasteiger partial charge in [0.15, 0.2) is 6.73 Å². The van der Waals surface area contributed by atoms with E-state index in [2.05, 4.69) is 9.80 Å². The molecule has 6 aliphatic heterocycles. The van der Waals surface area contributed by atoms with Crippen molar-refractivity contribution in [2.75, 3.05) is 49.9 Å². The maximum atomic E-state index is 16.0. The van der Waals surface area contributed by atoms with Gasteiger partial charge in [0, 0.05) is 41.5 Å². The quantitative estimate of drug-likeness (QED) is 0.243. The van der Waals surface area contributed by atoms with Gasteiger partial charge in [0.25, 0.3) is 5.91 Å². The number of nitrogens with zero attached hydrogens (tertiary/aromatic N) is 4. The van der Waals surface area contributed by atoms with Crippen molar-refractivity contribution in [1.82, 2.24) is 9.80 Å². The number of carbonyl (C=O) groups is 3. The van der Waals surface area contributed by atoms with Crippen LogP contribution in [0, 0.1) is 5.82 Å². The van der Waals surface area contributed by atoms with Gasteiger partial charge in [-0.3, -0.25) is 4.79 Å². The Morgan fingerprint density at radius 1 is 0.889 bits per heavy atom. The van der Waals surface area contributed by atoms with Crippen LogP contribution in [0.2, 0.25) is 10.0 Å². The molecule has 0 aliphatic carbocycles. The summed E-state index contributed by atoms with van der Waals surface area (Å²) in [4.78, 5) is 47.5. The van der Waals surface area contributed by atoms with Crippen LogP contribution >= 0.6 is 23.2 Å². The van der Waals surface area contributed by atoms with Gasteiger partial charge in [-0.25, -0.2) is 14.0 Å². The van der Waals surface area contributed by atoms with E-state index in [4.69, 9.17) is 42.1 Å². The number of morpholine rings is 1. The minimum atomic E-state index is -0.611. The van der Waals surface area contributed by atoms with Crippen molar-refractivity contribution in [3.63, 3.8) is 0 Å². The fourth-order valence-corrected chi connectivity index (χ4v) is 9.31. The summed E-state index contributed by atoms with van der Waals surface area (Å²) in [6.07, 6.45) is 3.30. The number of esters is 1. The molecule has 0 aromatic heterocycles. The number of ether oxygens (including phenoxy) is 4. The van der Waals surface area contributed by atoms with E-state index in [9.17, 15) is 14.4 Å². The lowest BCUT2D eigenvalue weighted by Gasteiger charge is -2.52. The number of amides is 2. The van der Waals surface area contributed by atoms with Gasteiger partial charge >= 0.3 is 12.1 Å². The molecule has 3 aromatic carbocycles. The van der Waals surface area contributed by atoms with E-state index in [1.807, 2.05) is 31.7 Å². The van der Waals surface area contributed by atoms with Gasteiger partial charge in [-0.2, -0.15) is 0 Å². The summed E-state index contributed by atoms with van der Waals surface area (Å²) in [6, 6.07) is 12.1. The van der Waals surface area contributed by atoms with Crippen LogP contribution in [0.1, 0.15) is 72.7 Å². The number of halogens is 3. The summed E-state index contributed by atoms with van der Waals surface area (Å²) in [7, 11) is 1.29. The van der Waals surface area contributed by atoms with E-state index >= 15 is 4.39 Å². The maximum absolute atomic E-state index is 16.0. The van der Waals surface area contributed by atoms with E-state index < -0.39 is 23.3 Å². The Hall–Kier alpha value is -4.26. The first kappa shape index (κ1) is 36.7. The Morgan fingerprint density at radius 2 is 1.57 bits per heavy atom. The van der Waals surface area contributed by atoms with Crippen molar-refractivity contribution in [3.8, 4) is 16.9 Å². The average molecular weight is 782 g/mol. The highest BCUT2D eigenvalue weighted by Crippen LogP contribution is 2.44. The largest absolute Gasteiger partial charge is 0.472 e. The monoisotopic (exact) mass is 780 g/mol. The highest BCUT2D eigenvalue weighted by molar-refractivity contribution is 6.40. The highest BCUT2D eigenvalue weighted by atomic mass is 35.5. The number of benzene rings is 3. The minimum absolute atomic E-state index is 0.0144. The minimum Gasteiger partial charge on any atom is -0.472 e. The van der Waals surface area contributed by atoms with Gasteiger partial charge in [-0.1, -0.05) is 41.4 Å². The van der Waals surface area contributed by atoms with Crippen molar-refractivity contribution in [1.29, 1.82) is 0 Å². The lowest BCUT2D eigenvalue weighted by Crippen LogP contribution is -2.64. The standard InChI is InChI=1S/C40H43Cl2FN4O7/c1-40(2,3)54-39(50)46-18-23-8-9-24(46)17-45(23)27-12-31(41)35(32(42)13-27)37(48)44-16-22-6-5-7-28(36(22)53-21-44)29-15-34(30(14-33(29)43)38(49)51-4)47-25-10-11-26(47)20-52-19-25/h5-7,12-15,23-26H,8-11,16-21H2,1-4H3/t23?,24-,25?,26?/m0/s1. The second-order valence-electron chi connectivity index (χ2n) is 15.7. The van der Waals surface area contributed by atoms with E-state index in [0.29, 0.717) is 48.9 Å². The molecule has 286 valence electrons. The predicted octanol–water partition coefficient (Wildman–Crippen LogP) is 7.53. The van der Waals surface area contributed by atoms with Gasteiger partial charge in [0.05, 0.1) is 71.9 Å². The summed E-state index contributed by atoms with van der Waals surface area (Å²) in [6.45, 7) is 7.83. The summed E-state index contributed by atoms with van der Waals surface area (Å²) >= 11 is 13.6. The van der Waals surface area contributed by atoms with Gasteiger partial charge in [-0.05, 0) is 70.7 Å². The Labute approximate surface area is 323 Å². The fourth-order valence-electron chi connectivity index (χ4n) is 8.67. The predicted molar refractivity (Wildman–Crippen MR) is 202 cm³/mol. The first-order valence-corrected chi connectivity index (χ1v) is 19.1. The van der Waals surface area contributed by atoms with Crippen molar-refractivity contribution < 1.29 is 37.7 Å².